The molecule has 8 unspecified atom stereocenters. The van der Waals surface area contributed by atoms with Crippen molar-refractivity contribution in [2.75, 3.05) is 27.9 Å². The summed E-state index contributed by atoms with van der Waals surface area (Å²) in [6.45, 7) is 10.4. The summed E-state index contributed by atoms with van der Waals surface area (Å²) in [4.78, 5) is 26.5. The van der Waals surface area contributed by atoms with E-state index in [1.165, 1.54) is 40.4 Å². The van der Waals surface area contributed by atoms with Gasteiger partial charge in [-0.25, -0.2) is 4.79 Å². The summed E-state index contributed by atoms with van der Waals surface area (Å²) >= 11 is 0. The molecule has 0 spiro atoms. The summed E-state index contributed by atoms with van der Waals surface area (Å²) in [6.07, 6.45) is -2.67. The zero-order valence-corrected chi connectivity index (χ0v) is 30.0. The monoisotopic (exact) mass is 700 g/mol. The molecule has 3 fully saturated rings. The molecule has 0 amide bonds. The fraction of sp³-hybridized carbons (Fsp3) is 0.829. The molecule has 49 heavy (non-hydrogen) atoms. The molecule has 14 heteroatoms. The van der Waals surface area contributed by atoms with Crippen molar-refractivity contribution in [2.45, 2.75) is 140 Å². The third-order valence-electron chi connectivity index (χ3n) is 10.1. The van der Waals surface area contributed by atoms with Crippen LogP contribution in [0.15, 0.2) is 24.3 Å². The number of ketones is 1. The fourth-order valence-corrected chi connectivity index (χ4v) is 7.12. The zero-order valence-electron chi connectivity index (χ0n) is 30.0. The Morgan fingerprint density at radius 1 is 0.837 bits per heavy atom. The molecule has 0 saturated carbocycles. The predicted molar refractivity (Wildman–Crippen MR) is 173 cm³/mol. The van der Waals surface area contributed by atoms with Crippen molar-refractivity contribution in [3.63, 3.8) is 0 Å². The second kappa shape index (κ2) is 17.1. The summed E-state index contributed by atoms with van der Waals surface area (Å²) in [6, 6.07) is 0. The number of carbonyl (C=O) groups is 2. The molecule has 3 saturated heterocycles. The van der Waals surface area contributed by atoms with Crippen molar-refractivity contribution in [1.29, 1.82) is 0 Å². The van der Waals surface area contributed by atoms with Gasteiger partial charge in [-0.05, 0) is 52.2 Å². The van der Waals surface area contributed by atoms with Crippen molar-refractivity contribution >= 4 is 11.8 Å². The summed E-state index contributed by atoms with van der Waals surface area (Å²) in [5.74, 6) is -2.45. The second-order valence-corrected chi connectivity index (χ2v) is 14.1. The van der Waals surface area contributed by atoms with Crippen LogP contribution in [0.1, 0.15) is 54.4 Å². The first-order chi connectivity index (χ1) is 23.1. The Kier molecular flexibility index (Phi) is 14.0. The topological polar surface area (TPSA) is 181 Å². The maximum absolute atomic E-state index is 13.3. The summed E-state index contributed by atoms with van der Waals surface area (Å²) in [5, 5.41) is 32.8. The maximum Gasteiger partial charge on any atom is 0.330 e. The molecular weight excluding hydrogens is 644 g/mol. The number of ether oxygens (including phenoxy) is 9. The molecule has 0 aromatic rings. The molecular formula is C35H56O14. The molecule has 0 aromatic heterocycles. The highest BCUT2D eigenvalue weighted by molar-refractivity contribution is 5.96. The summed E-state index contributed by atoms with van der Waals surface area (Å²) in [5.41, 5.74) is -1.75. The van der Waals surface area contributed by atoms with Gasteiger partial charge in [-0.15, -0.1) is 0 Å². The van der Waals surface area contributed by atoms with Crippen LogP contribution in [0, 0.1) is 17.8 Å². The van der Waals surface area contributed by atoms with Gasteiger partial charge >= 0.3 is 5.97 Å². The quantitative estimate of drug-likeness (QED) is 0.245. The van der Waals surface area contributed by atoms with Crippen molar-refractivity contribution in [2.24, 2.45) is 17.8 Å². The van der Waals surface area contributed by atoms with E-state index in [9.17, 15) is 24.9 Å². The van der Waals surface area contributed by atoms with Crippen LogP contribution in [0.4, 0.5) is 0 Å². The Balaban J connectivity index is 1.56. The average molecular weight is 701 g/mol. The number of esters is 1. The van der Waals surface area contributed by atoms with Crippen LogP contribution in [0.3, 0.4) is 0 Å². The molecule has 14 nitrogen and oxygen atoms in total. The molecule has 0 aromatic carbocycles. The Morgan fingerprint density at radius 2 is 1.53 bits per heavy atom. The number of carbonyl (C=O) groups excluding carboxylic acids is 2. The lowest BCUT2D eigenvalue weighted by atomic mass is 9.82. The largest absolute Gasteiger partial charge is 0.459 e. The van der Waals surface area contributed by atoms with E-state index in [0.717, 1.165) is 0 Å². The van der Waals surface area contributed by atoms with E-state index >= 15 is 0 Å². The lowest BCUT2D eigenvalue weighted by Gasteiger charge is -2.42. The molecule has 280 valence electrons. The SMILES string of the molecule is CO[C@@H]1[C@H](O)[C@@H](C)O[C@@H](OCC2C(C)OC(=O)/C=C/C(C)C(O[C@H]3O[C@@H](C)C[C@@H](OC)[C@@H]3O)C(C)CC(C)(O)C(=O)/C=C/C3OC32)[C@@H]1OC. The van der Waals surface area contributed by atoms with E-state index in [2.05, 4.69) is 0 Å². The standard InChI is InChI=1S/C35H56O14/c1-17-10-13-26(37)46-20(4)22(16-44-34-32(43-9)31(42-8)27(38)21(5)47-34)30-23(48-30)11-12-25(36)35(6,40)15-18(2)29(17)49-33-28(39)24(41-7)14-19(3)45-33/h10-13,17-24,27-34,38-40H,14-16H2,1-9H3/b12-11+,13-10+/t17?,18?,19-,20?,21+,22?,23?,24+,27+,28-,29?,30?,31+,32+,33+,34+,35?/m0/s1. The first-order valence-corrected chi connectivity index (χ1v) is 17.1. The van der Waals surface area contributed by atoms with Crippen molar-refractivity contribution in [1.82, 2.24) is 0 Å². The van der Waals surface area contributed by atoms with Crippen LogP contribution in [0.25, 0.3) is 0 Å². The molecule has 0 radical (unpaired) electrons. The third kappa shape index (κ3) is 9.74. The van der Waals surface area contributed by atoms with Gasteiger partial charge in [0, 0.05) is 45.7 Å². The summed E-state index contributed by atoms with van der Waals surface area (Å²) < 4.78 is 52.6. The molecule has 0 bridgehead atoms. The van der Waals surface area contributed by atoms with Crippen molar-refractivity contribution in [3.05, 3.63) is 24.3 Å². The molecule has 3 N–H and O–H groups in total. The number of aliphatic hydroxyl groups is 3. The van der Waals surface area contributed by atoms with E-state index in [1.807, 2.05) is 20.8 Å². The Labute approximate surface area is 288 Å². The van der Waals surface area contributed by atoms with Crippen LogP contribution in [0.2, 0.25) is 0 Å². The molecule has 0 aliphatic carbocycles. The fourth-order valence-electron chi connectivity index (χ4n) is 7.12. The molecule has 4 aliphatic rings. The van der Waals surface area contributed by atoms with Gasteiger partial charge in [-0.2, -0.15) is 0 Å². The van der Waals surface area contributed by atoms with E-state index in [0.29, 0.717) is 6.42 Å². The van der Waals surface area contributed by atoms with Gasteiger partial charge in [-0.1, -0.05) is 19.9 Å². The highest BCUT2D eigenvalue weighted by Gasteiger charge is 2.50. The van der Waals surface area contributed by atoms with Gasteiger partial charge in [0.15, 0.2) is 18.4 Å². The minimum absolute atomic E-state index is 0.0234. The predicted octanol–water partition coefficient (Wildman–Crippen LogP) is 1.46. The number of hydrogen-bond acceptors (Lipinski definition) is 14. The summed E-state index contributed by atoms with van der Waals surface area (Å²) in [7, 11) is 4.46. The third-order valence-corrected chi connectivity index (χ3v) is 10.1. The lowest BCUT2D eigenvalue weighted by molar-refractivity contribution is -0.305. The molecule has 4 aliphatic heterocycles. The van der Waals surface area contributed by atoms with Crippen LogP contribution >= 0.6 is 0 Å². The number of methoxy groups -OCH3 is 3. The minimum Gasteiger partial charge on any atom is -0.459 e. The number of fused-ring (bicyclic) bond motifs is 1. The van der Waals surface area contributed by atoms with Gasteiger partial charge in [0.25, 0.3) is 0 Å². The van der Waals surface area contributed by atoms with Crippen LogP contribution in [-0.4, -0.2) is 140 Å². The lowest BCUT2D eigenvalue weighted by Crippen LogP contribution is -2.59. The van der Waals surface area contributed by atoms with Gasteiger partial charge in [0.2, 0.25) is 0 Å². The zero-order chi connectivity index (χ0) is 36.2. The first-order valence-electron chi connectivity index (χ1n) is 17.1. The van der Waals surface area contributed by atoms with Crippen molar-refractivity contribution < 1.29 is 67.5 Å². The van der Waals surface area contributed by atoms with Crippen molar-refractivity contribution in [3.8, 4) is 0 Å². The Bertz CT molecular complexity index is 1160. The van der Waals surface area contributed by atoms with Crippen LogP contribution in [-0.2, 0) is 52.2 Å². The average Bonchev–Trinajstić information content (AvgIpc) is 3.82. The van der Waals surface area contributed by atoms with E-state index in [1.54, 1.807) is 26.0 Å². The number of aliphatic hydroxyl groups excluding tert-OH is 2. The van der Waals surface area contributed by atoms with Gasteiger partial charge in [0.1, 0.15) is 42.2 Å². The number of hydrogen-bond donors (Lipinski definition) is 3. The first kappa shape index (κ1) is 40.0. The number of rotatable bonds is 8. The Morgan fingerprint density at radius 3 is 2.18 bits per heavy atom. The maximum atomic E-state index is 13.3. The van der Waals surface area contributed by atoms with E-state index in [4.69, 9.17) is 42.6 Å². The smallest absolute Gasteiger partial charge is 0.330 e. The van der Waals surface area contributed by atoms with Crippen LogP contribution in [0.5, 0.6) is 0 Å². The highest BCUT2D eigenvalue weighted by atomic mass is 16.7. The van der Waals surface area contributed by atoms with Crippen LogP contribution < -0.4 is 0 Å². The molecule has 4 rings (SSSR count). The van der Waals surface area contributed by atoms with Gasteiger partial charge < -0.3 is 58.0 Å². The van der Waals surface area contributed by atoms with E-state index < -0.39 is 109 Å². The minimum atomic E-state index is -1.75. The van der Waals surface area contributed by atoms with Gasteiger partial charge in [0.05, 0.1) is 37.1 Å². The number of epoxide rings is 1. The number of cyclic esters (lactones) is 1. The second-order valence-electron chi connectivity index (χ2n) is 14.1. The normalized spacial score (nSPS) is 48.3. The molecule has 17 atom stereocenters. The van der Waals surface area contributed by atoms with E-state index in [-0.39, 0.29) is 19.1 Å². The highest BCUT2D eigenvalue weighted by Crippen LogP contribution is 2.37. The van der Waals surface area contributed by atoms with Gasteiger partial charge in [-0.3, -0.25) is 4.79 Å². The Hall–Kier alpha value is -1.82. The molecule has 4 heterocycles.